The van der Waals surface area contributed by atoms with Gasteiger partial charge < -0.3 is 4.74 Å². The van der Waals surface area contributed by atoms with E-state index < -0.39 is 15.9 Å². The number of fused-ring (bicyclic) bond motifs is 1. The van der Waals surface area contributed by atoms with Crippen molar-refractivity contribution in [3.8, 4) is 5.75 Å². The smallest absolute Gasteiger partial charge is 0.272 e. The Balaban J connectivity index is 1.61. The molecule has 3 aromatic carbocycles. The van der Waals surface area contributed by atoms with Crippen molar-refractivity contribution in [1.29, 1.82) is 0 Å². The van der Waals surface area contributed by atoms with Gasteiger partial charge in [0.25, 0.3) is 15.9 Å². The van der Waals surface area contributed by atoms with Crippen LogP contribution in [0, 0.1) is 13.8 Å². The summed E-state index contributed by atoms with van der Waals surface area (Å²) in [6, 6.07) is 17.8. The molecule has 2 N–H and O–H groups in total. The van der Waals surface area contributed by atoms with Crippen LogP contribution in [0.3, 0.4) is 0 Å². The van der Waals surface area contributed by atoms with Gasteiger partial charge in [-0.15, -0.1) is 4.83 Å². The normalized spacial score (nSPS) is 11.3. The highest BCUT2D eigenvalue weighted by Gasteiger charge is 2.15. The van der Waals surface area contributed by atoms with E-state index in [9.17, 15) is 13.2 Å². The van der Waals surface area contributed by atoms with E-state index in [1.807, 2.05) is 44.2 Å². The monoisotopic (exact) mass is 384 g/mol. The van der Waals surface area contributed by atoms with Gasteiger partial charge >= 0.3 is 0 Å². The molecule has 0 saturated carbocycles. The van der Waals surface area contributed by atoms with Gasteiger partial charge in [0.2, 0.25) is 0 Å². The van der Waals surface area contributed by atoms with E-state index in [1.165, 1.54) is 6.07 Å². The van der Waals surface area contributed by atoms with Crippen LogP contribution < -0.4 is 15.0 Å². The Morgan fingerprint density at radius 1 is 0.926 bits per heavy atom. The predicted molar refractivity (Wildman–Crippen MR) is 104 cm³/mol. The van der Waals surface area contributed by atoms with E-state index in [-0.39, 0.29) is 11.5 Å². The Morgan fingerprint density at radius 2 is 1.59 bits per heavy atom. The van der Waals surface area contributed by atoms with Gasteiger partial charge in [0.15, 0.2) is 6.61 Å². The van der Waals surface area contributed by atoms with Gasteiger partial charge in [-0.1, -0.05) is 36.4 Å². The summed E-state index contributed by atoms with van der Waals surface area (Å²) in [5, 5.41) is 1.73. The molecule has 0 atom stereocenters. The van der Waals surface area contributed by atoms with E-state index in [4.69, 9.17) is 4.74 Å². The number of ether oxygens (including phenoxy) is 1. The maximum absolute atomic E-state index is 12.4. The lowest BCUT2D eigenvalue weighted by molar-refractivity contribution is -0.123. The van der Waals surface area contributed by atoms with Crippen LogP contribution in [0.2, 0.25) is 0 Å². The number of rotatable bonds is 6. The van der Waals surface area contributed by atoms with Gasteiger partial charge in [-0.25, -0.2) is 8.42 Å². The Bertz CT molecular complexity index is 1070. The molecule has 3 rings (SSSR count). The van der Waals surface area contributed by atoms with Gasteiger partial charge in [0.1, 0.15) is 5.75 Å². The highest BCUT2D eigenvalue weighted by atomic mass is 32.2. The minimum atomic E-state index is -3.88. The van der Waals surface area contributed by atoms with E-state index >= 15 is 0 Å². The largest absolute Gasteiger partial charge is 0.484 e. The van der Waals surface area contributed by atoms with Crippen LogP contribution in [-0.2, 0) is 14.8 Å². The number of hydrogen-bond acceptors (Lipinski definition) is 4. The van der Waals surface area contributed by atoms with Crippen molar-refractivity contribution in [3.63, 3.8) is 0 Å². The Hall–Kier alpha value is -2.90. The zero-order chi connectivity index (χ0) is 19.4. The standard InChI is InChI=1S/C20H20N2O4S/c1-14-9-15(2)11-18(10-14)26-13-20(23)21-22-27(24,25)19-8-7-16-5-3-4-6-17(16)12-19/h3-12,22H,13H2,1-2H3,(H,21,23). The van der Waals surface area contributed by atoms with Crippen LogP contribution >= 0.6 is 0 Å². The zero-order valence-corrected chi connectivity index (χ0v) is 15.8. The summed E-state index contributed by atoms with van der Waals surface area (Å²) in [7, 11) is -3.88. The molecule has 7 heteroatoms. The van der Waals surface area contributed by atoms with E-state index in [0.29, 0.717) is 5.75 Å². The second kappa shape index (κ2) is 7.77. The maximum atomic E-state index is 12.4. The zero-order valence-electron chi connectivity index (χ0n) is 15.0. The first-order valence-corrected chi connectivity index (χ1v) is 9.82. The first kappa shape index (κ1) is 18.9. The van der Waals surface area contributed by atoms with Crippen LogP contribution in [-0.4, -0.2) is 20.9 Å². The Morgan fingerprint density at radius 3 is 2.30 bits per heavy atom. The molecule has 0 aliphatic carbocycles. The fourth-order valence-electron chi connectivity index (χ4n) is 2.72. The molecule has 6 nitrogen and oxygen atoms in total. The SMILES string of the molecule is Cc1cc(C)cc(OCC(=O)NNS(=O)(=O)c2ccc3ccccc3c2)c1. The summed E-state index contributed by atoms with van der Waals surface area (Å²) in [5.41, 5.74) is 4.20. The first-order valence-electron chi connectivity index (χ1n) is 8.34. The lowest BCUT2D eigenvalue weighted by atomic mass is 10.1. The van der Waals surface area contributed by atoms with Crippen molar-refractivity contribution in [2.45, 2.75) is 18.7 Å². The van der Waals surface area contributed by atoms with E-state index in [0.717, 1.165) is 21.9 Å². The summed E-state index contributed by atoms with van der Waals surface area (Å²) < 4.78 is 30.2. The number of hydrogen-bond donors (Lipinski definition) is 2. The van der Waals surface area contributed by atoms with Crippen LogP contribution in [0.15, 0.2) is 65.6 Å². The number of sulfonamides is 1. The Labute approximate surface area is 158 Å². The van der Waals surface area contributed by atoms with Crippen molar-refractivity contribution in [2.24, 2.45) is 0 Å². The van der Waals surface area contributed by atoms with Crippen LogP contribution in [0.4, 0.5) is 0 Å². The molecule has 0 bridgehead atoms. The molecule has 0 fully saturated rings. The van der Waals surface area contributed by atoms with Gasteiger partial charge in [-0.2, -0.15) is 0 Å². The average Bonchev–Trinajstić information content (AvgIpc) is 2.63. The molecule has 27 heavy (non-hydrogen) atoms. The molecule has 140 valence electrons. The molecule has 0 heterocycles. The molecule has 3 aromatic rings. The van der Waals surface area contributed by atoms with E-state index in [2.05, 4.69) is 10.3 Å². The molecule has 0 spiro atoms. The highest BCUT2D eigenvalue weighted by molar-refractivity contribution is 7.89. The van der Waals surface area contributed by atoms with Gasteiger partial charge in [-0.05, 0) is 60.0 Å². The molecule has 0 aliphatic rings. The quantitative estimate of drug-likeness (QED) is 0.640. The molecule has 0 radical (unpaired) electrons. The summed E-state index contributed by atoms with van der Waals surface area (Å²) in [6.45, 7) is 3.55. The molecule has 0 aromatic heterocycles. The minimum absolute atomic E-state index is 0.0664. The Kier molecular flexibility index (Phi) is 5.43. The fourth-order valence-corrected chi connectivity index (χ4v) is 3.61. The third kappa shape index (κ3) is 4.84. The number of benzene rings is 3. The van der Waals surface area contributed by atoms with Crippen LogP contribution in [0.5, 0.6) is 5.75 Å². The molecular formula is C20H20N2O4S. The highest BCUT2D eigenvalue weighted by Crippen LogP contribution is 2.18. The molecule has 0 aliphatic heterocycles. The number of carbonyl (C=O) groups is 1. The van der Waals surface area contributed by atoms with Crippen molar-refractivity contribution in [1.82, 2.24) is 10.3 Å². The third-order valence-corrected chi connectivity index (χ3v) is 5.17. The predicted octanol–water partition coefficient (Wildman–Crippen LogP) is 2.85. The van der Waals surface area contributed by atoms with Gasteiger partial charge in [0, 0.05) is 0 Å². The number of nitrogens with one attached hydrogen (secondary N) is 2. The molecule has 0 unspecified atom stereocenters. The summed E-state index contributed by atoms with van der Waals surface area (Å²) in [4.78, 5) is 14.1. The lowest BCUT2D eigenvalue weighted by Gasteiger charge is -2.11. The summed E-state index contributed by atoms with van der Waals surface area (Å²) >= 11 is 0. The number of hydrazine groups is 1. The first-order chi connectivity index (χ1) is 12.8. The van der Waals surface area contributed by atoms with Crippen LogP contribution in [0.25, 0.3) is 10.8 Å². The second-order valence-electron chi connectivity index (χ2n) is 6.27. The van der Waals surface area contributed by atoms with Gasteiger partial charge in [-0.3, -0.25) is 10.2 Å². The molecular weight excluding hydrogens is 364 g/mol. The average molecular weight is 384 g/mol. The molecule has 0 saturated heterocycles. The van der Waals surface area contributed by atoms with E-state index in [1.54, 1.807) is 24.3 Å². The van der Waals surface area contributed by atoms with Crippen molar-refractivity contribution >= 4 is 26.7 Å². The topological polar surface area (TPSA) is 84.5 Å². The number of aryl methyl sites for hydroxylation is 2. The van der Waals surface area contributed by atoms with Crippen molar-refractivity contribution < 1.29 is 17.9 Å². The van der Waals surface area contributed by atoms with Crippen molar-refractivity contribution in [3.05, 3.63) is 71.8 Å². The maximum Gasteiger partial charge on any atom is 0.272 e. The molecule has 1 amide bonds. The summed E-state index contributed by atoms with van der Waals surface area (Å²) in [6.07, 6.45) is 0. The second-order valence-corrected chi connectivity index (χ2v) is 7.96. The fraction of sp³-hybridized carbons (Fsp3) is 0.150. The van der Waals surface area contributed by atoms with Crippen molar-refractivity contribution in [2.75, 3.05) is 6.61 Å². The summed E-state index contributed by atoms with van der Waals surface area (Å²) in [5.74, 6) is -0.0430. The third-order valence-electron chi connectivity index (χ3n) is 3.92. The van der Waals surface area contributed by atoms with Crippen LogP contribution in [0.1, 0.15) is 11.1 Å². The lowest BCUT2D eigenvalue weighted by Crippen LogP contribution is -2.43. The minimum Gasteiger partial charge on any atom is -0.484 e. The van der Waals surface area contributed by atoms with Gasteiger partial charge in [0.05, 0.1) is 4.90 Å². The number of carbonyl (C=O) groups excluding carboxylic acids is 1. The number of amides is 1.